The molecular formula is C23H22O7. The molecule has 0 unspecified atom stereocenters. The van der Waals surface area contributed by atoms with Gasteiger partial charge in [0.2, 0.25) is 18.0 Å². The molecule has 0 aliphatic carbocycles. The Morgan fingerprint density at radius 2 is 1.87 bits per heavy atom. The van der Waals surface area contributed by atoms with Crippen molar-refractivity contribution in [2.24, 2.45) is 0 Å². The second-order valence-corrected chi connectivity index (χ2v) is 7.13. The minimum absolute atomic E-state index is 0.0947. The van der Waals surface area contributed by atoms with Crippen LogP contribution in [0.1, 0.15) is 19.4 Å². The number of ether oxygens (including phenoxy) is 4. The van der Waals surface area contributed by atoms with Crippen LogP contribution < -0.4 is 24.4 Å². The molecule has 2 heterocycles. The van der Waals surface area contributed by atoms with Gasteiger partial charge in [0.25, 0.3) is 0 Å². The standard InChI is InChI=1S/C23H22O7/c1-12(2)5-7-14-20(25)23(27-4)22(26-3)18-19(24)15(10-28-21(14)18)13-6-8-16-17(9-13)30-11-29-16/h5-6,8-10,25H,7,11H2,1-4H3. The summed E-state index contributed by atoms with van der Waals surface area (Å²) >= 11 is 0. The van der Waals surface area contributed by atoms with Crippen LogP contribution in [-0.2, 0) is 6.42 Å². The van der Waals surface area contributed by atoms with Crippen LogP contribution in [0.15, 0.2) is 45.3 Å². The lowest BCUT2D eigenvalue weighted by molar-refractivity contribution is 0.174. The van der Waals surface area contributed by atoms with Crippen molar-refractivity contribution in [3.8, 4) is 39.9 Å². The minimum atomic E-state index is -0.302. The Morgan fingerprint density at radius 3 is 2.57 bits per heavy atom. The van der Waals surface area contributed by atoms with E-state index >= 15 is 0 Å². The maximum Gasteiger partial charge on any atom is 0.231 e. The van der Waals surface area contributed by atoms with Gasteiger partial charge in [-0.15, -0.1) is 0 Å². The van der Waals surface area contributed by atoms with Crippen LogP contribution in [-0.4, -0.2) is 26.1 Å². The van der Waals surface area contributed by atoms with Gasteiger partial charge in [0, 0.05) is 5.56 Å². The second kappa shape index (κ2) is 7.67. The van der Waals surface area contributed by atoms with Gasteiger partial charge < -0.3 is 28.5 Å². The molecule has 0 fully saturated rings. The number of aromatic hydroxyl groups is 1. The monoisotopic (exact) mass is 410 g/mol. The van der Waals surface area contributed by atoms with E-state index in [0.29, 0.717) is 34.6 Å². The average Bonchev–Trinajstić information content (AvgIpc) is 3.20. The third-order valence-corrected chi connectivity index (χ3v) is 5.01. The fourth-order valence-electron chi connectivity index (χ4n) is 3.50. The highest BCUT2D eigenvalue weighted by atomic mass is 16.7. The first kappa shape index (κ1) is 19.7. The van der Waals surface area contributed by atoms with Gasteiger partial charge >= 0.3 is 0 Å². The van der Waals surface area contributed by atoms with E-state index < -0.39 is 0 Å². The van der Waals surface area contributed by atoms with Crippen LogP contribution >= 0.6 is 0 Å². The first-order valence-electron chi connectivity index (χ1n) is 9.41. The molecule has 7 nitrogen and oxygen atoms in total. The summed E-state index contributed by atoms with van der Waals surface area (Å²) in [6.45, 7) is 4.05. The van der Waals surface area contributed by atoms with Gasteiger partial charge in [-0.2, -0.15) is 0 Å². The molecule has 0 saturated carbocycles. The van der Waals surface area contributed by atoms with Gasteiger partial charge in [0.05, 0.1) is 19.8 Å². The average molecular weight is 410 g/mol. The Morgan fingerprint density at radius 1 is 1.13 bits per heavy atom. The van der Waals surface area contributed by atoms with Crippen molar-refractivity contribution in [2.75, 3.05) is 21.0 Å². The minimum Gasteiger partial charge on any atom is -0.504 e. The zero-order valence-corrected chi connectivity index (χ0v) is 17.2. The van der Waals surface area contributed by atoms with Crippen molar-refractivity contribution in [3.05, 3.63) is 51.9 Å². The molecule has 1 aliphatic heterocycles. The molecular weight excluding hydrogens is 388 g/mol. The zero-order valence-electron chi connectivity index (χ0n) is 17.2. The van der Waals surface area contributed by atoms with Gasteiger partial charge in [0.15, 0.2) is 23.0 Å². The summed E-state index contributed by atoms with van der Waals surface area (Å²) in [7, 11) is 2.83. The van der Waals surface area contributed by atoms with Gasteiger partial charge in [-0.25, -0.2) is 0 Å². The van der Waals surface area contributed by atoms with E-state index in [-0.39, 0.29) is 40.4 Å². The second-order valence-electron chi connectivity index (χ2n) is 7.13. The van der Waals surface area contributed by atoms with Crippen LogP contribution in [0.5, 0.6) is 28.7 Å². The molecule has 30 heavy (non-hydrogen) atoms. The number of hydrogen-bond acceptors (Lipinski definition) is 7. The summed E-state index contributed by atoms with van der Waals surface area (Å²) < 4.78 is 27.5. The van der Waals surface area contributed by atoms with Crippen molar-refractivity contribution in [3.63, 3.8) is 0 Å². The summed E-state index contributed by atoms with van der Waals surface area (Å²) in [6.07, 6.45) is 3.70. The number of phenolic OH excluding ortho intramolecular Hbond substituents is 1. The molecule has 4 rings (SSSR count). The topological polar surface area (TPSA) is 87.4 Å². The molecule has 0 spiro atoms. The van der Waals surface area contributed by atoms with Crippen LogP contribution in [0.25, 0.3) is 22.1 Å². The van der Waals surface area contributed by atoms with Crippen LogP contribution in [0.4, 0.5) is 0 Å². The largest absolute Gasteiger partial charge is 0.504 e. The van der Waals surface area contributed by atoms with Crippen molar-refractivity contribution in [1.82, 2.24) is 0 Å². The van der Waals surface area contributed by atoms with Crippen molar-refractivity contribution >= 4 is 11.0 Å². The Hall–Kier alpha value is -3.61. The van der Waals surface area contributed by atoms with Crippen LogP contribution in [0.3, 0.4) is 0 Å². The highest BCUT2D eigenvalue weighted by Crippen LogP contribution is 2.46. The molecule has 1 aliphatic rings. The number of fused-ring (bicyclic) bond motifs is 2. The molecule has 1 aromatic heterocycles. The van der Waals surface area contributed by atoms with E-state index in [1.807, 2.05) is 19.9 Å². The van der Waals surface area contributed by atoms with E-state index in [1.165, 1.54) is 20.5 Å². The SMILES string of the molecule is COc1c(O)c(CC=C(C)C)c2occ(-c3ccc4c(c3)OCO4)c(=O)c2c1OC. The molecule has 0 saturated heterocycles. The summed E-state index contributed by atoms with van der Waals surface area (Å²) in [4.78, 5) is 13.5. The smallest absolute Gasteiger partial charge is 0.231 e. The number of hydrogen-bond donors (Lipinski definition) is 1. The molecule has 1 N–H and O–H groups in total. The van der Waals surface area contributed by atoms with Crippen molar-refractivity contribution < 1.29 is 28.5 Å². The van der Waals surface area contributed by atoms with Gasteiger partial charge in [-0.05, 0) is 38.0 Å². The van der Waals surface area contributed by atoms with Crippen LogP contribution in [0.2, 0.25) is 0 Å². The fraction of sp³-hybridized carbons (Fsp3) is 0.261. The maximum absolute atomic E-state index is 13.5. The Bertz CT molecular complexity index is 1220. The molecule has 156 valence electrons. The quantitative estimate of drug-likeness (QED) is 0.623. The van der Waals surface area contributed by atoms with E-state index in [4.69, 9.17) is 23.4 Å². The Labute approximate surface area is 173 Å². The lowest BCUT2D eigenvalue weighted by Crippen LogP contribution is -2.09. The summed E-state index contributed by atoms with van der Waals surface area (Å²) in [6, 6.07) is 5.24. The normalized spacial score (nSPS) is 12.1. The molecule has 2 aromatic carbocycles. The third kappa shape index (κ3) is 3.12. The first-order chi connectivity index (χ1) is 14.5. The summed E-state index contributed by atoms with van der Waals surface area (Å²) in [5.74, 6) is 1.29. The molecule has 3 aromatic rings. The third-order valence-electron chi connectivity index (χ3n) is 5.01. The molecule has 7 heteroatoms. The Kier molecular flexibility index (Phi) is 5.03. The van der Waals surface area contributed by atoms with Crippen molar-refractivity contribution in [1.29, 1.82) is 0 Å². The van der Waals surface area contributed by atoms with Crippen molar-refractivity contribution in [2.45, 2.75) is 20.3 Å². The fourth-order valence-corrected chi connectivity index (χ4v) is 3.50. The predicted molar refractivity (Wildman–Crippen MR) is 112 cm³/mol. The number of rotatable bonds is 5. The highest BCUT2D eigenvalue weighted by Gasteiger charge is 2.26. The first-order valence-corrected chi connectivity index (χ1v) is 9.41. The van der Waals surface area contributed by atoms with Gasteiger partial charge in [0.1, 0.15) is 17.2 Å². The molecule has 0 radical (unpaired) electrons. The number of methoxy groups -OCH3 is 2. The Balaban J connectivity index is 2.01. The molecule has 0 amide bonds. The zero-order chi connectivity index (χ0) is 21.4. The molecule has 0 atom stereocenters. The predicted octanol–water partition coefficient (Wildman–Crippen LogP) is 4.42. The summed E-state index contributed by atoms with van der Waals surface area (Å²) in [5, 5.41) is 11.0. The van der Waals surface area contributed by atoms with Gasteiger partial charge in [-0.1, -0.05) is 17.7 Å². The number of phenols is 1. The van der Waals surface area contributed by atoms with E-state index in [0.717, 1.165) is 5.57 Å². The molecule has 0 bridgehead atoms. The lowest BCUT2D eigenvalue weighted by Gasteiger charge is -2.16. The van der Waals surface area contributed by atoms with Gasteiger partial charge in [-0.3, -0.25) is 4.79 Å². The maximum atomic E-state index is 13.5. The number of allylic oxidation sites excluding steroid dienone is 2. The van der Waals surface area contributed by atoms with E-state index in [1.54, 1.807) is 18.2 Å². The van der Waals surface area contributed by atoms with Crippen LogP contribution in [0, 0.1) is 0 Å². The van der Waals surface area contributed by atoms with E-state index in [2.05, 4.69) is 0 Å². The number of benzene rings is 2. The lowest BCUT2D eigenvalue weighted by atomic mass is 10.00. The summed E-state index contributed by atoms with van der Waals surface area (Å²) in [5.41, 5.74) is 2.44. The van der Waals surface area contributed by atoms with E-state index in [9.17, 15) is 9.90 Å². The highest BCUT2D eigenvalue weighted by molar-refractivity contribution is 5.94.